The van der Waals surface area contributed by atoms with Crippen LogP contribution < -0.4 is 5.73 Å². The van der Waals surface area contributed by atoms with Crippen molar-refractivity contribution in [2.24, 2.45) is 5.73 Å². The Morgan fingerprint density at radius 2 is 1.90 bits per heavy atom. The van der Waals surface area contributed by atoms with Gasteiger partial charge in [0.1, 0.15) is 0 Å². The van der Waals surface area contributed by atoms with Crippen LogP contribution in [0.15, 0.2) is 28.7 Å². The number of nitrogens with two attached hydrogens (primary N) is 1. The molecule has 114 valence electrons. The van der Waals surface area contributed by atoms with E-state index in [1.165, 1.54) is 5.56 Å². The van der Waals surface area contributed by atoms with Gasteiger partial charge in [0.05, 0.1) is 12.7 Å². The molecule has 0 fully saturated rings. The van der Waals surface area contributed by atoms with Gasteiger partial charge in [0.2, 0.25) is 0 Å². The van der Waals surface area contributed by atoms with Crippen LogP contribution in [0.4, 0.5) is 0 Å². The van der Waals surface area contributed by atoms with Gasteiger partial charge in [0, 0.05) is 23.1 Å². The molecule has 0 aliphatic rings. The van der Waals surface area contributed by atoms with Crippen LogP contribution in [-0.4, -0.2) is 43.3 Å². The molecular formula is C16H27BrN2O. The summed E-state index contributed by atoms with van der Waals surface area (Å²) in [5.41, 5.74) is 7.28. The van der Waals surface area contributed by atoms with Crippen LogP contribution in [0.2, 0.25) is 0 Å². The van der Waals surface area contributed by atoms with Crippen LogP contribution in [0, 0.1) is 0 Å². The van der Waals surface area contributed by atoms with Gasteiger partial charge in [-0.25, -0.2) is 0 Å². The van der Waals surface area contributed by atoms with E-state index in [1.807, 2.05) is 0 Å². The molecule has 1 aromatic rings. The molecule has 4 heteroatoms. The fourth-order valence-corrected chi connectivity index (χ4v) is 2.36. The Balaban J connectivity index is 2.62. The molecule has 0 amide bonds. The van der Waals surface area contributed by atoms with E-state index in [-0.39, 0.29) is 11.6 Å². The van der Waals surface area contributed by atoms with Gasteiger partial charge in [0.25, 0.3) is 0 Å². The van der Waals surface area contributed by atoms with Crippen LogP contribution in [0.3, 0.4) is 0 Å². The molecule has 0 aliphatic carbocycles. The van der Waals surface area contributed by atoms with Crippen LogP contribution in [-0.2, 0) is 11.2 Å². The summed E-state index contributed by atoms with van der Waals surface area (Å²) in [5, 5.41) is 0. The summed E-state index contributed by atoms with van der Waals surface area (Å²) in [5.74, 6) is 0. The van der Waals surface area contributed by atoms with Gasteiger partial charge >= 0.3 is 0 Å². The van der Waals surface area contributed by atoms with Crippen LogP contribution in [0.5, 0.6) is 0 Å². The minimum atomic E-state index is -0.0475. The summed E-state index contributed by atoms with van der Waals surface area (Å²) < 4.78 is 6.74. The molecule has 2 N–H and O–H groups in total. The third-order valence-corrected chi connectivity index (χ3v) is 4.27. The fourth-order valence-electron chi connectivity index (χ4n) is 2.10. The highest BCUT2D eigenvalue weighted by Crippen LogP contribution is 2.20. The standard InChI is InChI=1S/C16H27BrN2O/c1-13(2)20-10-9-19(4)16(3,12-18)11-14-5-7-15(17)8-6-14/h5-8,13H,9-12,18H2,1-4H3. The summed E-state index contributed by atoms with van der Waals surface area (Å²) in [6, 6.07) is 8.45. The van der Waals surface area contributed by atoms with Crippen molar-refractivity contribution < 1.29 is 4.74 Å². The topological polar surface area (TPSA) is 38.5 Å². The van der Waals surface area contributed by atoms with Gasteiger partial charge in [-0.2, -0.15) is 0 Å². The predicted octanol–water partition coefficient (Wildman–Crippen LogP) is 3.07. The van der Waals surface area contributed by atoms with Crippen molar-refractivity contribution in [2.75, 3.05) is 26.7 Å². The highest BCUT2D eigenvalue weighted by atomic mass is 79.9. The second-order valence-electron chi connectivity index (χ2n) is 5.85. The largest absolute Gasteiger partial charge is 0.377 e. The van der Waals surface area contributed by atoms with E-state index in [2.05, 4.69) is 72.9 Å². The maximum Gasteiger partial charge on any atom is 0.0597 e. The van der Waals surface area contributed by atoms with Gasteiger partial charge in [-0.3, -0.25) is 4.90 Å². The van der Waals surface area contributed by atoms with Crippen molar-refractivity contribution in [1.29, 1.82) is 0 Å². The molecule has 0 aromatic heterocycles. The number of ether oxygens (including phenoxy) is 1. The Hall–Kier alpha value is -0.420. The third kappa shape index (κ3) is 5.52. The zero-order valence-corrected chi connectivity index (χ0v) is 14.6. The summed E-state index contributed by atoms with van der Waals surface area (Å²) in [6.45, 7) is 8.59. The lowest BCUT2D eigenvalue weighted by Gasteiger charge is -2.38. The molecular weight excluding hydrogens is 316 g/mol. The number of nitrogens with zero attached hydrogens (tertiary/aromatic N) is 1. The second-order valence-corrected chi connectivity index (χ2v) is 6.76. The molecule has 0 radical (unpaired) electrons. The maximum atomic E-state index is 6.03. The Morgan fingerprint density at radius 1 is 1.30 bits per heavy atom. The zero-order valence-electron chi connectivity index (χ0n) is 13.0. The highest BCUT2D eigenvalue weighted by Gasteiger charge is 2.27. The Kier molecular flexibility index (Phi) is 7.17. The molecule has 1 atom stereocenters. The lowest BCUT2D eigenvalue weighted by Crippen LogP contribution is -2.52. The number of benzene rings is 1. The van der Waals surface area contributed by atoms with E-state index >= 15 is 0 Å². The summed E-state index contributed by atoms with van der Waals surface area (Å²) in [7, 11) is 2.12. The second kappa shape index (κ2) is 8.13. The zero-order chi connectivity index (χ0) is 15.2. The highest BCUT2D eigenvalue weighted by molar-refractivity contribution is 9.10. The van der Waals surface area contributed by atoms with Gasteiger partial charge in [-0.1, -0.05) is 28.1 Å². The van der Waals surface area contributed by atoms with Gasteiger partial charge in [0.15, 0.2) is 0 Å². The number of halogens is 1. The first-order valence-corrected chi connectivity index (χ1v) is 7.94. The maximum absolute atomic E-state index is 6.03. The molecule has 0 heterocycles. The lowest BCUT2D eigenvalue weighted by atomic mass is 9.91. The average Bonchev–Trinajstić information content (AvgIpc) is 2.40. The molecule has 0 bridgehead atoms. The van der Waals surface area contributed by atoms with Crippen molar-refractivity contribution in [3.8, 4) is 0 Å². The molecule has 0 saturated carbocycles. The first kappa shape index (κ1) is 17.6. The Bertz CT molecular complexity index is 394. The molecule has 0 saturated heterocycles. The Morgan fingerprint density at radius 3 is 2.40 bits per heavy atom. The normalized spacial score (nSPS) is 14.8. The van der Waals surface area contributed by atoms with E-state index in [1.54, 1.807) is 0 Å². The smallest absolute Gasteiger partial charge is 0.0597 e. The van der Waals surface area contributed by atoms with E-state index < -0.39 is 0 Å². The Labute approximate surface area is 131 Å². The van der Waals surface area contributed by atoms with E-state index in [9.17, 15) is 0 Å². The minimum Gasteiger partial charge on any atom is -0.377 e. The molecule has 0 spiro atoms. The van der Waals surface area contributed by atoms with E-state index in [0.717, 1.165) is 24.0 Å². The van der Waals surface area contributed by atoms with Crippen LogP contribution in [0.1, 0.15) is 26.3 Å². The van der Waals surface area contributed by atoms with Gasteiger partial charge in [-0.15, -0.1) is 0 Å². The van der Waals surface area contributed by atoms with Crippen molar-refractivity contribution >= 4 is 15.9 Å². The van der Waals surface area contributed by atoms with Crippen molar-refractivity contribution in [3.63, 3.8) is 0 Å². The van der Waals surface area contributed by atoms with E-state index in [0.29, 0.717) is 6.54 Å². The number of hydrogen-bond donors (Lipinski definition) is 1. The predicted molar refractivity (Wildman–Crippen MR) is 89.0 cm³/mol. The van der Waals surface area contributed by atoms with Gasteiger partial charge in [-0.05, 0) is 51.9 Å². The molecule has 1 rings (SSSR count). The number of likely N-dealkylation sites (N-methyl/N-ethyl adjacent to an activating group) is 1. The quantitative estimate of drug-likeness (QED) is 0.788. The lowest BCUT2D eigenvalue weighted by molar-refractivity contribution is 0.0394. The first-order valence-electron chi connectivity index (χ1n) is 7.15. The minimum absolute atomic E-state index is 0.0475. The molecule has 20 heavy (non-hydrogen) atoms. The molecule has 1 aromatic carbocycles. The van der Waals surface area contributed by atoms with Gasteiger partial charge < -0.3 is 10.5 Å². The molecule has 0 aliphatic heterocycles. The fraction of sp³-hybridized carbons (Fsp3) is 0.625. The van der Waals surface area contributed by atoms with Crippen molar-refractivity contribution in [3.05, 3.63) is 34.3 Å². The average molecular weight is 343 g/mol. The summed E-state index contributed by atoms with van der Waals surface area (Å²) in [6.07, 6.45) is 1.22. The molecule has 1 unspecified atom stereocenters. The first-order chi connectivity index (χ1) is 9.37. The van der Waals surface area contributed by atoms with Crippen LogP contribution >= 0.6 is 15.9 Å². The summed E-state index contributed by atoms with van der Waals surface area (Å²) in [4.78, 5) is 2.30. The van der Waals surface area contributed by atoms with Crippen LogP contribution in [0.25, 0.3) is 0 Å². The summed E-state index contributed by atoms with van der Waals surface area (Å²) >= 11 is 3.47. The molecule has 3 nitrogen and oxygen atoms in total. The van der Waals surface area contributed by atoms with Crippen molar-refractivity contribution in [2.45, 2.75) is 38.8 Å². The SMILES string of the molecule is CC(C)OCCN(C)C(C)(CN)Cc1ccc(Br)cc1. The van der Waals surface area contributed by atoms with Crippen molar-refractivity contribution in [1.82, 2.24) is 4.90 Å². The monoisotopic (exact) mass is 342 g/mol. The van der Waals surface area contributed by atoms with E-state index in [4.69, 9.17) is 10.5 Å². The third-order valence-electron chi connectivity index (χ3n) is 3.74. The number of hydrogen-bond acceptors (Lipinski definition) is 3. The number of rotatable bonds is 8.